The molecule has 1 aromatic carbocycles. The van der Waals surface area contributed by atoms with E-state index in [1.807, 2.05) is 29.2 Å². The maximum atomic E-state index is 10.7. The third-order valence-electron chi connectivity index (χ3n) is 3.39. The summed E-state index contributed by atoms with van der Waals surface area (Å²) in [6.07, 6.45) is 0. The molecule has 0 amide bonds. The quantitative estimate of drug-likeness (QED) is 0.890. The molecule has 6 heteroatoms. The van der Waals surface area contributed by atoms with Gasteiger partial charge < -0.3 is 14.5 Å². The van der Waals surface area contributed by atoms with Crippen LogP contribution in [0.2, 0.25) is 0 Å². The van der Waals surface area contributed by atoms with E-state index in [4.69, 9.17) is 9.63 Å². The number of carboxylic acids is 1. The molecule has 2 heterocycles. The number of anilines is 1. The van der Waals surface area contributed by atoms with E-state index in [-0.39, 0.29) is 6.54 Å². The Hall–Kier alpha value is -2.08. The topological polar surface area (TPSA) is 69.8 Å². The second-order valence-corrected chi connectivity index (χ2v) is 4.66. The molecule has 2 aromatic rings. The van der Waals surface area contributed by atoms with Crippen LogP contribution in [-0.4, -0.2) is 53.9 Å². The zero-order chi connectivity index (χ0) is 13.2. The smallest absolute Gasteiger partial charge is 0.317 e. The van der Waals surface area contributed by atoms with Crippen LogP contribution in [0.25, 0.3) is 11.0 Å². The van der Waals surface area contributed by atoms with E-state index in [1.165, 1.54) is 0 Å². The van der Waals surface area contributed by atoms with Gasteiger partial charge in [-0.2, -0.15) is 0 Å². The van der Waals surface area contributed by atoms with E-state index in [9.17, 15) is 4.79 Å². The van der Waals surface area contributed by atoms with Crippen LogP contribution in [0.3, 0.4) is 0 Å². The van der Waals surface area contributed by atoms with Crippen LogP contribution >= 0.6 is 0 Å². The lowest BCUT2D eigenvalue weighted by atomic mass is 10.2. The number of aliphatic carboxylic acids is 1. The molecule has 1 N–H and O–H groups in total. The summed E-state index contributed by atoms with van der Waals surface area (Å²) >= 11 is 0. The summed E-state index contributed by atoms with van der Waals surface area (Å²) in [6, 6.07) is 7.77. The summed E-state index contributed by atoms with van der Waals surface area (Å²) in [6.45, 7) is 3.10. The number of hydrogen-bond acceptors (Lipinski definition) is 5. The fraction of sp³-hybridized carbons (Fsp3) is 0.385. The molecule has 0 bridgehead atoms. The number of carboxylic acid groups (broad SMARTS) is 1. The lowest BCUT2D eigenvalue weighted by molar-refractivity contribution is -0.138. The van der Waals surface area contributed by atoms with Crippen molar-refractivity contribution in [3.8, 4) is 0 Å². The predicted octanol–water partition coefficient (Wildman–Crippen LogP) is 1.03. The van der Waals surface area contributed by atoms with Gasteiger partial charge in [0.05, 0.1) is 11.9 Å². The van der Waals surface area contributed by atoms with Gasteiger partial charge in [-0.1, -0.05) is 17.3 Å². The summed E-state index contributed by atoms with van der Waals surface area (Å²) in [5.41, 5.74) is 0.783. The molecule has 0 aliphatic carbocycles. The highest BCUT2D eigenvalue weighted by Gasteiger charge is 2.22. The second kappa shape index (κ2) is 4.89. The zero-order valence-corrected chi connectivity index (χ0v) is 10.5. The van der Waals surface area contributed by atoms with Crippen LogP contribution in [0.1, 0.15) is 0 Å². The Bertz CT molecular complexity index is 588. The molecule has 0 radical (unpaired) electrons. The van der Waals surface area contributed by atoms with Crippen molar-refractivity contribution in [1.29, 1.82) is 0 Å². The molecule has 0 unspecified atom stereocenters. The normalized spacial score (nSPS) is 16.9. The van der Waals surface area contributed by atoms with Crippen molar-refractivity contribution in [2.75, 3.05) is 37.6 Å². The maximum Gasteiger partial charge on any atom is 0.317 e. The number of carbonyl (C=O) groups is 1. The van der Waals surface area contributed by atoms with Gasteiger partial charge in [0.1, 0.15) is 0 Å². The summed E-state index contributed by atoms with van der Waals surface area (Å²) in [7, 11) is 0. The van der Waals surface area contributed by atoms with Crippen LogP contribution in [0, 0.1) is 0 Å². The van der Waals surface area contributed by atoms with Crippen molar-refractivity contribution >= 4 is 22.8 Å². The molecule has 1 aliphatic rings. The van der Waals surface area contributed by atoms with E-state index in [2.05, 4.69) is 10.1 Å². The van der Waals surface area contributed by atoms with Gasteiger partial charge in [0, 0.05) is 26.2 Å². The molecule has 1 aliphatic heterocycles. The average molecular weight is 261 g/mol. The molecule has 6 nitrogen and oxygen atoms in total. The predicted molar refractivity (Wildman–Crippen MR) is 70.3 cm³/mol. The Morgan fingerprint density at radius 2 is 2.00 bits per heavy atom. The second-order valence-electron chi connectivity index (χ2n) is 4.66. The minimum atomic E-state index is -0.777. The van der Waals surface area contributed by atoms with Gasteiger partial charge in [-0.3, -0.25) is 9.69 Å². The number of benzene rings is 1. The Morgan fingerprint density at radius 3 is 2.74 bits per heavy atom. The largest absolute Gasteiger partial charge is 0.480 e. The van der Waals surface area contributed by atoms with Crippen molar-refractivity contribution in [2.24, 2.45) is 0 Å². The number of piperazine rings is 1. The molecular formula is C13H15N3O3. The Labute approximate surface area is 110 Å². The van der Waals surface area contributed by atoms with Crippen molar-refractivity contribution in [1.82, 2.24) is 10.1 Å². The van der Waals surface area contributed by atoms with Crippen LogP contribution in [-0.2, 0) is 4.79 Å². The summed E-state index contributed by atoms with van der Waals surface area (Å²) < 4.78 is 5.29. The lowest BCUT2D eigenvalue weighted by Gasteiger charge is -2.33. The van der Waals surface area contributed by atoms with Crippen molar-refractivity contribution < 1.29 is 14.4 Å². The van der Waals surface area contributed by atoms with E-state index in [0.717, 1.165) is 43.0 Å². The number of rotatable bonds is 3. The first kappa shape index (κ1) is 12.0. The number of nitrogens with zero attached hydrogens (tertiary/aromatic N) is 3. The standard InChI is InChI=1S/C13H15N3O3/c17-12(18)9-15-5-7-16(8-6-15)13-10-3-1-2-4-11(10)19-14-13/h1-4H,5-9H2,(H,17,18). The van der Waals surface area contributed by atoms with Gasteiger partial charge >= 0.3 is 5.97 Å². The molecule has 1 saturated heterocycles. The highest BCUT2D eigenvalue weighted by Crippen LogP contribution is 2.26. The van der Waals surface area contributed by atoms with Crippen LogP contribution < -0.4 is 4.90 Å². The molecule has 0 spiro atoms. The summed E-state index contributed by atoms with van der Waals surface area (Å²) in [5.74, 6) is 0.0749. The van der Waals surface area contributed by atoms with Gasteiger partial charge in [-0.05, 0) is 12.1 Å². The molecule has 0 atom stereocenters. The molecule has 3 rings (SSSR count). The Balaban J connectivity index is 1.73. The zero-order valence-electron chi connectivity index (χ0n) is 10.5. The van der Waals surface area contributed by atoms with Gasteiger partial charge in [0.2, 0.25) is 0 Å². The monoisotopic (exact) mass is 261 g/mol. The SMILES string of the molecule is O=C(O)CN1CCN(c2noc3ccccc23)CC1. The molecule has 1 fully saturated rings. The highest BCUT2D eigenvalue weighted by molar-refractivity contribution is 5.88. The Kier molecular flexibility index (Phi) is 3.08. The van der Waals surface area contributed by atoms with Crippen LogP contribution in [0.4, 0.5) is 5.82 Å². The van der Waals surface area contributed by atoms with Gasteiger partial charge in [0.25, 0.3) is 0 Å². The minimum Gasteiger partial charge on any atom is -0.480 e. The summed E-state index contributed by atoms with van der Waals surface area (Å²) in [4.78, 5) is 14.7. The van der Waals surface area contributed by atoms with Gasteiger partial charge in [0.15, 0.2) is 11.4 Å². The average Bonchev–Trinajstić information content (AvgIpc) is 2.83. The molecule has 1 aromatic heterocycles. The Morgan fingerprint density at radius 1 is 1.26 bits per heavy atom. The fourth-order valence-electron chi connectivity index (χ4n) is 2.41. The van der Waals surface area contributed by atoms with Crippen molar-refractivity contribution in [3.63, 3.8) is 0 Å². The molecule has 0 saturated carbocycles. The van der Waals surface area contributed by atoms with E-state index < -0.39 is 5.97 Å². The van der Waals surface area contributed by atoms with E-state index in [0.29, 0.717) is 0 Å². The van der Waals surface area contributed by atoms with E-state index >= 15 is 0 Å². The molecule has 19 heavy (non-hydrogen) atoms. The van der Waals surface area contributed by atoms with Crippen molar-refractivity contribution in [3.05, 3.63) is 24.3 Å². The number of hydrogen-bond donors (Lipinski definition) is 1. The molecule has 100 valence electrons. The third-order valence-corrected chi connectivity index (χ3v) is 3.39. The first-order chi connectivity index (χ1) is 9.24. The fourth-order valence-corrected chi connectivity index (χ4v) is 2.41. The van der Waals surface area contributed by atoms with Crippen LogP contribution in [0.5, 0.6) is 0 Å². The van der Waals surface area contributed by atoms with Gasteiger partial charge in [-0.25, -0.2) is 0 Å². The molecular weight excluding hydrogens is 246 g/mol. The van der Waals surface area contributed by atoms with Crippen LogP contribution in [0.15, 0.2) is 28.8 Å². The third kappa shape index (κ3) is 2.39. The summed E-state index contributed by atoms with van der Waals surface area (Å²) in [5, 5.41) is 13.9. The number of fused-ring (bicyclic) bond motifs is 1. The van der Waals surface area contributed by atoms with Gasteiger partial charge in [-0.15, -0.1) is 0 Å². The first-order valence-corrected chi connectivity index (χ1v) is 6.27. The maximum absolute atomic E-state index is 10.7. The lowest BCUT2D eigenvalue weighted by Crippen LogP contribution is -2.48. The van der Waals surface area contributed by atoms with Crippen molar-refractivity contribution in [2.45, 2.75) is 0 Å². The highest BCUT2D eigenvalue weighted by atomic mass is 16.5. The first-order valence-electron chi connectivity index (χ1n) is 6.27. The van der Waals surface area contributed by atoms with E-state index in [1.54, 1.807) is 0 Å². The number of aromatic nitrogens is 1. The number of para-hydroxylation sites is 1. The minimum absolute atomic E-state index is 0.105.